The Bertz CT molecular complexity index is 965. The summed E-state index contributed by atoms with van der Waals surface area (Å²) >= 11 is 0. The first-order chi connectivity index (χ1) is 13.2. The van der Waals surface area contributed by atoms with Crippen LogP contribution in [0.1, 0.15) is 12.5 Å². The van der Waals surface area contributed by atoms with Crippen molar-refractivity contribution in [2.45, 2.75) is 24.8 Å². The average Bonchev–Trinajstić information content (AvgIpc) is 2.64. The van der Waals surface area contributed by atoms with Crippen LogP contribution in [0.3, 0.4) is 0 Å². The predicted molar refractivity (Wildman–Crippen MR) is 99.1 cm³/mol. The normalized spacial score (nSPS) is 12.1. The summed E-state index contributed by atoms with van der Waals surface area (Å²) in [5.41, 5.74) is 5.15. The summed E-state index contributed by atoms with van der Waals surface area (Å²) in [6, 6.07) is 10.6. The number of halogens is 1. The number of hydrazine groups is 1. The van der Waals surface area contributed by atoms with Crippen LogP contribution in [0.15, 0.2) is 53.4 Å². The molecule has 0 bridgehead atoms. The molecule has 0 saturated heterocycles. The fourth-order valence-corrected chi connectivity index (χ4v) is 3.42. The van der Waals surface area contributed by atoms with Crippen LogP contribution in [0.25, 0.3) is 0 Å². The molecular weight excluding hydrogens is 389 g/mol. The lowest BCUT2D eigenvalue weighted by Gasteiger charge is -2.15. The summed E-state index contributed by atoms with van der Waals surface area (Å²) in [6.07, 6.45) is 0. The Balaban J connectivity index is 1.83. The molecule has 1 atom stereocenters. The summed E-state index contributed by atoms with van der Waals surface area (Å²) in [6.45, 7) is 2.78. The van der Waals surface area contributed by atoms with Crippen LogP contribution in [0.2, 0.25) is 0 Å². The smallest absolute Gasteiger partial charge is 0.276 e. The van der Waals surface area contributed by atoms with Gasteiger partial charge in [-0.05, 0) is 43.7 Å². The summed E-state index contributed by atoms with van der Waals surface area (Å²) in [5, 5.41) is 0. The molecule has 0 fully saturated rings. The van der Waals surface area contributed by atoms with Crippen LogP contribution in [-0.2, 0) is 19.6 Å². The number of carbonyl (C=O) groups is 2. The molecular formula is C18H20FN3O5S. The number of benzene rings is 2. The van der Waals surface area contributed by atoms with Crippen LogP contribution < -0.4 is 20.3 Å². The molecule has 2 amide bonds. The summed E-state index contributed by atoms with van der Waals surface area (Å²) < 4.78 is 45.3. The standard InChI is InChI=1S/C18H20FN3O5S/c1-12-6-5-7-14(10-12)27-11-17(23)20-21-18(24)13(2)22-28(25,26)16-9-4-3-8-15(16)19/h3-10,13,22H,11H2,1-2H3,(H,20,23)(H,21,24)/t13-/m0/s1. The molecule has 2 aromatic rings. The average molecular weight is 409 g/mol. The highest BCUT2D eigenvalue weighted by Crippen LogP contribution is 2.14. The maximum absolute atomic E-state index is 13.6. The quantitative estimate of drug-likeness (QED) is 0.591. The first-order valence-electron chi connectivity index (χ1n) is 8.24. The molecule has 28 heavy (non-hydrogen) atoms. The van der Waals surface area contributed by atoms with E-state index in [1.54, 1.807) is 18.2 Å². The Morgan fingerprint density at radius 1 is 1.11 bits per heavy atom. The third-order valence-electron chi connectivity index (χ3n) is 3.54. The highest BCUT2D eigenvalue weighted by atomic mass is 32.2. The van der Waals surface area contributed by atoms with E-state index in [1.807, 2.05) is 17.7 Å². The zero-order valence-electron chi connectivity index (χ0n) is 15.2. The maximum atomic E-state index is 13.6. The zero-order valence-corrected chi connectivity index (χ0v) is 16.0. The monoisotopic (exact) mass is 409 g/mol. The molecule has 10 heteroatoms. The van der Waals surface area contributed by atoms with Gasteiger partial charge in [0.05, 0.1) is 6.04 Å². The number of sulfonamides is 1. The number of nitrogens with one attached hydrogen (secondary N) is 3. The largest absolute Gasteiger partial charge is 0.484 e. The number of hydrogen-bond donors (Lipinski definition) is 3. The third-order valence-corrected chi connectivity index (χ3v) is 5.11. The van der Waals surface area contributed by atoms with Crippen LogP contribution >= 0.6 is 0 Å². The van der Waals surface area contributed by atoms with Gasteiger partial charge in [0, 0.05) is 0 Å². The molecule has 0 aliphatic heterocycles. The van der Waals surface area contributed by atoms with E-state index in [2.05, 4.69) is 10.9 Å². The van der Waals surface area contributed by atoms with Gasteiger partial charge in [-0.15, -0.1) is 0 Å². The van der Waals surface area contributed by atoms with Gasteiger partial charge in [-0.2, -0.15) is 4.72 Å². The third kappa shape index (κ3) is 6.03. The minimum Gasteiger partial charge on any atom is -0.484 e. The molecule has 0 radical (unpaired) electrons. The molecule has 0 aromatic heterocycles. The fourth-order valence-electron chi connectivity index (χ4n) is 2.14. The van der Waals surface area contributed by atoms with E-state index in [-0.39, 0.29) is 6.61 Å². The Labute approximate surface area is 162 Å². The second kappa shape index (κ2) is 9.29. The number of carbonyl (C=O) groups excluding carboxylic acids is 2. The minimum absolute atomic E-state index is 0.348. The van der Waals surface area contributed by atoms with Gasteiger partial charge in [0.1, 0.15) is 16.5 Å². The summed E-state index contributed by atoms with van der Waals surface area (Å²) in [7, 11) is -4.25. The number of aryl methyl sites for hydroxylation is 1. The first-order valence-corrected chi connectivity index (χ1v) is 9.72. The highest BCUT2D eigenvalue weighted by molar-refractivity contribution is 7.89. The Morgan fingerprint density at radius 3 is 2.50 bits per heavy atom. The van der Waals surface area contributed by atoms with Gasteiger partial charge >= 0.3 is 0 Å². The minimum atomic E-state index is -4.25. The summed E-state index contributed by atoms with van der Waals surface area (Å²) in [4.78, 5) is 23.1. The van der Waals surface area contributed by atoms with Crippen molar-refractivity contribution in [2.24, 2.45) is 0 Å². The van der Waals surface area contributed by atoms with Gasteiger partial charge in [-0.25, -0.2) is 12.8 Å². The maximum Gasteiger partial charge on any atom is 0.276 e. The van der Waals surface area contributed by atoms with Gasteiger partial charge in [0.2, 0.25) is 10.0 Å². The molecule has 8 nitrogen and oxygen atoms in total. The molecule has 0 aliphatic rings. The lowest BCUT2D eigenvalue weighted by molar-refractivity contribution is -0.130. The Kier molecular flexibility index (Phi) is 7.07. The molecule has 3 N–H and O–H groups in total. The molecule has 0 heterocycles. The Hall–Kier alpha value is -2.98. The van der Waals surface area contributed by atoms with Crippen molar-refractivity contribution in [3.05, 3.63) is 59.9 Å². The first kappa shape index (κ1) is 21.3. The fraction of sp³-hybridized carbons (Fsp3) is 0.222. The van der Waals surface area contributed by atoms with Crippen molar-refractivity contribution in [2.75, 3.05) is 6.61 Å². The number of amides is 2. The molecule has 0 spiro atoms. The van der Waals surface area contributed by atoms with Gasteiger partial charge in [0.25, 0.3) is 11.8 Å². The van der Waals surface area contributed by atoms with E-state index in [4.69, 9.17) is 4.74 Å². The molecule has 2 rings (SSSR count). The van der Waals surface area contributed by atoms with E-state index in [9.17, 15) is 22.4 Å². The second-order valence-electron chi connectivity index (χ2n) is 5.92. The van der Waals surface area contributed by atoms with Crippen molar-refractivity contribution in [3.8, 4) is 5.75 Å². The van der Waals surface area contributed by atoms with Crippen LogP contribution in [-0.4, -0.2) is 32.9 Å². The molecule has 150 valence electrons. The van der Waals surface area contributed by atoms with E-state index in [0.717, 1.165) is 17.7 Å². The molecule has 0 aliphatic carbocycles. The Morgan fingerprint density at radius 2 is 1.82 bits per heavy atom. The number of hydrogen-bond acceptors (Lipinski definition) is 5. The van der Waals surface area contributed by atoms with E-state index in [0.29, 0.717) is 5.75 Å². The van der Waals surface area contributed by atoms with Crippen LogP contribution in [0, 0.1) is 12.7 Å². The lowest BCUT2D eigenvalue weighted by atomic mass is 10.2. The summed E-state index contributed by atoms with van der Waals surface area (Å²) in [5.74, 6) is -1.92. The van der Waals surface area contributed by atoms with Crippen LogP contribution in [0.4, 0.5) is 4.39 Å². The van der Waals surface area contributed by atoms with E-state index in [1.165, 1.54) is 19.1 Å². The van der Waals surface area contributed by atoms with Crippen molar-refractivity contribution in [1.82, 2.24) is 15.6 Å². The molecule has 2 aromatic carbocycles. The van der Waals surface area contributed by atoms with E-state index < -0.39 is 38.6 Å². The van der Waals surface area contributed by atoms with Gasteiger partial charge in [0.15, 0.2) is 6.61 Å². The second-order valence-corrected chi connectivity index (χ2v) is 7.60. The SMILES string of the molecule is Cc1cccc(OCC(=O)NNC(=O)[C@H](C)NS(=O)(=O)c2ccccc2F)c1. The highest BCUT2D eigenvalue weighted by Gasteiger charge is 2.24. The predicted octanol–water partition coefficient (Wildman–Crippen LogP) is 1.03. The van der Waals surface area contributed by atoms with Crippen molar-refractivity contribution in [3.63, 3.8) is 0 Å². The number of ether oxygens (including phenoxy) is 1. The number of rotatable bonds is 7. The van der Waals surface area contributed by atoms with Crippen molar-refractivity contribution < 1.29 is 27.1 Å². The van der Waals surface area contributed by atoms with Gasteiger partial charge < -0.3 is 4.74 Å². The van der Waals surface area contributed by atoms with Crippen LogP contribution in [0.5, 0.6) is 5.75 Å². The van der Waals surface area contributed by atoms with Gasteiger partial charge in [-0.3, -0.25) is 20.4 Å². The van der Waals surface area contributed by atoms with Crippen molar-refractivity contribution in [1.29, 1.82) is 0 Å². The topological polar surface area (TPSA) is 114 Å². The molecule has 0 saturated carbocycles. The van der Waals surface area contributed by atoms with E-state index >= 15 is 0 Å². The zero-order chi connectivity index (χ0) is 20.7. The van der Waals surface area contributed by atoms with Crippen molar-refractivity contribution >= 4 is 21.8 Å². The molecule has 0 unspecified atom stereocenters. The lowest BCUT2D eigenvalue weighted by Crippen LogP contribution is -2.51. The van der Waals surface area contributed by atoms with Gasteiger partial charge in [-0.1, -0.05) is 24.3 Å².